The van der Waals surface area contributed by atoms with Gasteiger partial charge in [0.2, 0.25) is 0 Å². The van der Waals surface area contributed by atoms with Crippen LogP contribution in [0.5, 0.6) is 0 Å². The van der Waals surface area contributed by atoms with Gasteiger partial charge >= 0.3 is 5.97 Å². The van der Waals surface area contributed by atoms with Crippen LogP contribution < -0.4 is 5.32 Å². The molecule has 0 bridgehead atoms. The number of benzene rings is 3. The quantitative estimate of drug-likeness (QED) is 0.205. The summed E-state index contributed by atoms with van der Waals surface area (Å²) >= 11 is 0. The van der Waals surface area contributed by atoms with Crippen LogP contribution in [0, 0.1) is 20.2 Å². The van der Waals surface area contributed by atoms with Crippen LogP contribution in [0.2, 0.25) is 0 Å². The van der Waals surface area contributed by atoms with Crippen LogP contribution in [0.4, 0.5) is 17.1 Å². The minimum Gasteiger partial charge on any atom is -0.462 e. The minimum atomic E-state index is -0.813. The highest BCUT2D eigenvalue weighted by Crippen LogP contribution is 2.31. The van der Waals surface area contributed by atoms with Gasteiger partial charge in [-0.15, -0.1) is 0 Å². The van der Waals surface area contributed by atoms with Gasteiger partial charge in [0.15, 0.2) is 5.69 Å². The van der Waals surface area contributed by atoms with E-state index in [1.165, 1.54) is 47.1 Å². The second-order valence-corrected chi connectivity index (χ2v) is 7.61. The summed E-state index contributed by atoms with van der Waals surface area (Å²) in [6.07, 6.45) is 0. The van der Waals surface area contributed by atoms with Gasteiger partial charge in [0.25, 0.3) is 17.3 Å². The van der Waals surface area contributed by atoms with Crippen molar-refractivity contribution in [3.8, 4) is 16.9 Å². The number of nitro benzene ring substituents is 2. The van der Waals surface area contributed by atoms with Crippen molar-refractivity contribution in [2.24, 2.45) is 0 Å². The Hall–Kier alpha value is -5.39. The highest BCUT2D eigenvalue weighted by atomic mass is 16.6. The summed E-state index contributed by atoms with van der Waals surface area (Å²) in [6.45, 7) is 1.64. The Morgan fingerprint density at radius 2 is 1.59 bits per heavy atom. The Kier molecular flexibility index (Phi) is 7.00. The number of anilines is 1. The van der Waals surface area contributed by atoms with E-state index in [9.17, 15) is 29.8 Å². The van der Waals surface area contributed by atoms with Crippen LogP contribution in [-0.4, -0.2) is 38.1 Å². The molecule has 0 saturated heterocycles. The second-order valence-electron chi connectivity index (χ2n) is 7.61. The van der Waals surface area contributed by atoms with Crippen LogP contribution >= 0.6 is 0 Å². The number of carbonyl (C=O) groups is 2. The molecule has 0 aliphatic heterocycles. The third-order valence-electron chi connectivity index (χ3n) is 5.25. The molecule has 0 fully saturated rings. The zero-order valence-electron chi connectivity index (χ0n) is 19.4. The van der Waals surface area contributed by atoms with Gasteiger partial charge < -0.3 is 10.1 Å². The molecule has 0 saturated carbocycles. The fraction of sp³-hybridized carbons (Fsp3) is 0.0800. The van der Waals surface area contributed by atoms with E-state index < -0.39 is 21.7 Å². The van der Waals surface area contributed by atoms with Crippen molar-refractivity contribution >= 4 is 28.9 Å². The second kappa shape index (κ2) is 10.5. The number of aromatic nitrogens is 2. The molecule has 12 nitrogen and oxygen atoms in total. The van der Waals surface area contributed by atoms with Gasteiger partial charge in [-0.2, -0.15) is 5.10 Å². The lowest BCUT2D eigenvalue weighted by atomic mass is 10.0. The molecule has 1 heterocycles. The number of amides is 1. The average Bonchev–Trinajstić information content (AvgIpc) is 3.31. The number of rotatable bonds is 8. The monoisotopic (exact) mass is 501 g/mol. The standard InChI is InChI=1S/C25H19N5O7/c1-2-37-25(32)21-22(24(31)26-17-11-13-18(14-12-17)29(33)34)27-28(23(21)16-7-4-3-5-8-16)19-9-6-10-20(15-19)30(35)36/h3-15H,2H2,1H3,(H,26,31). The Balaban J connectivity index is 1.90. The number of nitrogens with zero attached hydrogens (tertiary/aromatic N) is 4. The lowest BCUT2D eigenvalue weighted by molar-refractivity contribution is -0.385. The van der Waals surface area contributed by atoms with E-state index in [1.807, 2.05) is 0 Å². The number of esters is 1. The van der Waals surface area contributed by atoms with Crippen LogP contribution in [0.15, 0.2) is 78.9 Å². The van der Waals surface area contributed by atoms with Crippen molar-refractivity contribution in [1.29, 1.82) is 0 Å². The maximum atomic E-state index is 13.3. The molecule has 1 amide bonds. The SMILES string of the molecule is CCOC(=O)c1c(C(=O)Nc2ccc([N+](=O)[O-])cc2)nn(-c2cccc([N+](=O)[O-])c2)c1-c1ccccc1. The smallest absolute Gasteiger partial charge is 0.342 e. The van der Waals surface area contributed by atoms with Gasteiger partial charge in [0.1, 0.15) is 5.56 Å². The predicted octanol–water partition coefficient (Wildman–Crippen LogP) is 4.78. The first-order valence-electron chi connectivity index (χ1n) is 11.0. The van der Waals surface area contributed by atoms with Crippen molar-refractivity contribution in [3.05, 3.63) is 110 Å². The zero-order valence-corrected chi connectivity index (χ0v) is 19.4. The number of nitrogens with one attached hydrogen (secondary N) is 1. The number of non-ortho nitro benzene ring substituents is 2. The number of carbonyl (C=O) groups excluding carboxylic acids is 2. The molecule has 0 unspecified atom stereocenters. The summed E-state index contributed by atoms with van der Waals surface area (Å²) in [5.41, 5.74) is 0.395. The topological polar surface area (TPSA) is 160 Å². The molecule has 12 heteroatoms. The van der Waals surface area contributed by atoms with E-state index in [2.05, 4.69) is 10.4 Å². The predicted molar refractivity (Wildman–Crippen MR) is 133 cm³/mol. The number of nitro groups is 2. The van der Waals surface area contributed by atoms with Crippen LogP contribution in [-0.2, 0) is 4.74 Å². The molecule has 0 radical (unpaired) electrons. The van der Waals surface area contributed by atoms with Crippen LogP contribution in [0.1, 0.15) is 27.8 Å². The number of hydrogen-bond donors (Lipinski definition) is 1. The fourth-order valence-corrected chi connectivity index (χ4v) is 3.62. The third-order valence-corrected chi connectivity index (χ3v) is 5.25. The summed E-state index contributed by atoms with van der Waals surface area (Å²) in [4.78, 5) is 47.6. The first-order valence-corrected chi connectivity index (χ1v) is 11.0. The first-order chi connectivity index (χ1) is 17.8. The van der Waals surface area contributed by atoms with Gasteiger partial charge in [-0.3, -0.25) is 25.0 Å². The van der Waals surface area contributed by atoms with E-state index in [0.29, 0.717) is 5.56 Å². The number of ether oxygens (including phenoxy) is 1. The highest BCUT2D eigenvalue weighted by Gasteiger charge is 2.31. The molecule has 0 aliphatic carbocycles. The molecule has 1 N–H and O–H groups in total. The Morgan fingerprint density at radius 3 is 2.22 bits per heavy atom. The van der Waals surface area contributed by atoms with Gasteiger partial charge in [-0.25, -0.2) is 9.48 Å². The molecular weight excluding hydrogens is 482 g/mol. The third kappa shape index (κ3) is 5.17. The van der Waals surface area contributed by atoms with Crippen molar-refractivity contribution in [3.63, 3.8) is 0 Å². The molecule has 4 rings (SSSR count). The molecule has 4 aromatic rings. The van der Waals surface area contributed by atoms with Crippen LogP contribution in [0.25, 0.3) is 16.9 Å². The molecule has 0 atom stereocenters. The molecule has 0 spiro atoms. The van der Waals surface area contributed by atoms with Crippen LogP contribution in [0.3, 0.4) is 0 Å². The zero-order chi connectivity index (χ0) is 26.5. The lowest BCUT2D eigenvalue weighted by Crippen LogP contribution is -2.17. The van der Waals surface area contributed by atoms with E-state index in [0.717, 1.165) is 0 Å². The van der Waals surface area contributed by atoms with Gasteiger partial charge in [-0.05, 0) is 25.1 Å². The summed E-state index contributed by atoms with van der Waals surface area (Å²) < 4.78 is 6.51. The summed E-state index contributed by atoms with van der Waals surface area (Å²) in [5, 5.41) is 29.3. The Bertz CT molecular complexity index is 1500. The van der Waals surface area contributed by atoms with E-state index >= 15 is 0 Å². The minimum absolute atomic E-state index is 0.0263. The average molecular weight is 501 g/mol. The molecule has 186 valence electrons. The largest absolute Gasteiger partial charge is 0.462 e. The molecular formula is C25H19N5O7. The summed E-state index contributed by atoms with van der Waals surface area (Å²) in [6, 6.07) is 19.3. The van der Waals surface area contributed by atoms with E-state index in [1.54, 1.807) is 43.3 Å². The summed E-state index contributed by atoms with van der Waals surface area (Å²) in [5.74, 6) is -1.59. The summed E-state index contributed by atoms with van der Waals surface area (Å²) in [7, 11) is 0. The van der Waals surface area contributed by atoms with E-state index in [4.69, 9.17) is 4.74 Å². The van der Waals surface area contributed by atoms with E-state index in [-0.39, 0.29) is 46.3 Å². The van der Waals surface area contributed by atoms with Crippen molar-refractivity contribution < 1.29 is 24.2 Å². The molecule has 0 aliphatic rings. The Morgan fingerprint density at radius 1 is 0.919 bits per heavy atom. The van der Waals surface area contributed by atoms with Crippen molar-refractivity contribution in [1.82, 2.24) is 9.78 Å². The highest BCUT2D eigenvalue weighted by molar-refractivity contribution is 6.12. The molecule has 3 aromatic carbocycles. The first kappa shape index (κ1) is 24.7. The van der Waals surface area contributed by atoms with Gasteiger partial charge in [0.05, 0.1) is 27.8 Å². The number of hydrogen-bond acceptors (Lipinski definition) is 8. The van der Waals surface area contributed by atoms with Crippen molar-refractivity contribution in [2.75, 3.05) is 11.9 Å². The van der Waals surface area contributed by atoms with Crippen molar-refractivity contribution in [2.45, 2.75) is 6.92 Å². The fourth-order valence-electron chi connectivity index (χ4n) is 3.62. The van der Waals surface area contributed by atoms with Gasteiger partial charge in [0, 0.05) is 35.5 Å². The molecule has 37 heavy (non-hydrogen) atoms. The maximum absolute atomic E-state index is 13.3. The Labute approximate surface area is 209 Å². The normalized spacial score (nSPS) is 10.5. The lowest BCUT2D eigenvalue weighted by Gasteiger charge is -2.10. The maximum Gasteiger partial charge on any atom is 0.342 e. The molecule has 1 aromatic heterocycles. The van der Waals surface area contributed by atoms with Gasteiger partial charge in [-0.1, -0.05) is 36.4 Å².